The molecule has 0 aliphatic rings. The largest absolute Gasteiger partial charge is 0.267 e. The molecular weight excluding hydrogens is 321 g/mol. The van der Waals surface area contributed by atoms with Crippen LogP contribution in [0.25, 0.3) is 22.0 Å². The first kappa shape index (κ1) is 12.8. The fourth-order valence-electron chi connectivity index (χ4n) is 2.33. The fraction of sp³-hybridized carbons (Fsp3) is 0.0667. The molecule has 0 aliphatic carbocycles. The van der Waals surface area contributed by atoms with Gasteiger partial charge in [-0.3, -0.25) is 4.68 Å². The maximum atomic E-state index is 13.3. The second-order valence-corrected chi connectivity index (χ2v) is 5.28. The van der Waals surface area contributed by atoms with Gasteiger partial charge < -0.3 is 0 Å². The number of aryl methyl sites for hydroxylation is 1. The van der Waals surface area contributed by atoms with Crippen LogP contribution in [0.4, 0.5) is 4.39 Å². The predicted molar refractivity (Wildman–Crippen MR) is 78.5 cm³/mol. The molecule has 0 saturated carbocycles. The van der Waals surface area contributed by atoms with Crippen LogP contribution in [-0.4, -0.2) is 9.78 Å². The highest BCUT2D eigenvalue weighted by Gasteiger charge is 2.15. The highest BCUT2D eigenvalue weighted by atomic mass is 79.9. The van der Waals surface area contributed by atoms with Crippen molar-refractivity contribution in [3.63, 3.8) is 0 Å². The first-order chi connectivity index (χ1) is 9.61. The van der Waals surface area contributed by atoms with Crippen LogP contribution < -0.4 is 0 Å². The van der Waals surface area contributed by atoms with Crippen LogP contribution in [0.3, 0.4) is 0 Å². The van der Waals surface area contributed by atoms with Crippen molar-refractivity contribution in [2.75, 3.05) is 0 Å². The maximum absolute atomic E-state index is 13.3. The van der Waals surface area contributed by atoms with E-state index in [2.05, 4.69) is 27.1 Å². The highest BCUT2D eigenvalue weighted by Crippen LogP contribution is 2.34. The molecule has 0 atom stereocenters. The van der Waals surface area contributed by atoms with Gasteiger partial charge in [-0.15, -0.1) is 0 Å². The van der Waals surface area contributed by atoms with Crippen LogP contribution in [0.1, 0.15) is 5.56 Å². The van der Waals surface area contributed by atoms with E-state index >= 15 is 0 Å². The van der Waals surface area contributed by atoms with Gasteiger partial charge in [0.15, 0.2) is 0 Å². The summed E-state index contributed by atoms with van der Waals surface area (Å²) < 4.78 is 15.8. The normalized spacial score (nSPS) is 10.7. The SMILES string of the molecule is Cn1ncc(Br)c1-c1ccc2cc(F)ccc2c1C#N. The Morgan fingerprint density at radius 2 is 2.10 bits per heavy atom. The minimum Gasteiger partial charge on any atom is -0.267 e. The Labute approximate surface area is 123 Å². The molecule has 0 radical (unpaired) electrons. The smallest absolute Gasteiger partial charge is 0.123 e. The summed E-state index contributed by atoms with van der Waals surface area (Å²) in [4.78, 5) is 0. The lowest BCUT2D eigenvalue weighted by molar-refractivity contribution is 0.630. The summed E-state index contributed by atoms with van der Waals surface area (Å²) in [5.74, 6) is -0.309. The van der Waals surface area contributed by atoms with E-state index in [-0.39, 0.29) is 5.82 Å². The molecular formula is C15H9BrFN3. The third-order valence-electron chi connectivity index (χ3n) is 3.24. The number of benzene rings is 2. The molecule has 0 saturated heterocycles. The second-order valence-electron chi connectivity index (χ2n) is 4.43. The van der Waals surface area contributed by atoms with Crippen LogP contribution in [0, 0.1) is 17.1 Å². The maximum Gasteiger partial charge on any atom is 0.123 e. The molecule has 0 N–H and O–H groups in total. The quantitative estimate of drug-likeness (QED) is 0.676. The van der Waals surface area contributed by atoms with Crippen molar-refractivity contribution in [2.24, 2.45) is 7.05 Å². The molecule has 0 aliphatic heterocycles. The molecule has 1 heterocycles. The van der Waals surface area contributed by atoms with E-state index in [9.17, 15) is 9.65 Å². The van der Waals surface area contributed by atoms with Crippen molar-refractivity contribution in [1.82, 2.24) is 9.78 Å². The van der Waals surface area contributed by atoms with Crippen molar-refractivity contribution in [2.45, 2.75) is 0 Å². The molecule has 20 heavy (non-hydrogen) atoms. The van der Waals surface area contributed by atoms with Gasteiger partial charge in [-0.1, -0.05) is 18.2 Å². The number of halogens is 2. The lowest BCUT2D eigenvalue weighted by Gasteiger charge is -2.09. The van der Waals surface area contributed by atoms with Gasteiger partial charge in [0, 0.05) is 18.0 Å². The van der Waals surface area contributed by atoms with Gasteiger partial charge in [0.2, 0.25) is 0 Å². The Morgan fingerprint density at radius 1 is 1.30 bits per heavy atom. The van der Waals surface area contributed by atoms with Crippen molar-refractivity contribution in [3.8, 4) is 17.3 Å². The molecule has 0 amide bonds. The number of hydrogen-bond donors (Lipinski definition) is 0. The summed E-state index contributed by atoms with van der Waals surface area (Å²) in [6, 6.07) is 10.3. The molecule has 0 bridgehead atoms. The lowest BCUT2D eigenvalue weighted by atomic mass is 9.98. The predicted octanol–water partition coefficient (Wildman–Crippen LogP) is 4.01. The summed E-state index contributed by atoms with van der Waals surface area (Å²) in [6.45, 7) is 0. The molecule has 3 rings (SSSR count). The summed E-state index contributed by atoms with van der Waals surface area (Å²) >= 11 is 3.44. The monoisotopic (exact) mass is 329 g/mol. The third kappa shape index (κ3) is 1.89. The summed E-state index contributed by atoms with van der Waals surface area (Å²) in [6.07, 6.45) is 1.69. The molecule has 3 nitrogen and oxygen atoms in total. The van der Waals surface area contributed by atoms with E-state index in [1.165, 1.54) is 12.1 Å². The summed E-state index contributed by atoms with van der Waals surface area (Å²) in [5, 5.41) is 15.1. The average Bonchev–Trinajstić information content (AvgIpc) is 2.77. The Kier molecular flexibility index (Phi) is 3.03. The molecule has 0 fully saturated rings. The Morgan fingerprint density at radius 3 is 2.75 bits per heavy atom. The Hall–Kier alpha value is -2.19. The zero-order valence-electron chi connectivity index (χ0n) is 10.6. The highest BCUT2D eigenvalue weighted by molar-refractivity contribution is 9.10. The van der Waals surface area contributed by atoms with Gasteiger partial charge in [0.1, 0.15) is 11.9 Å². The molecule has 1 aromatic heterocycles. The molecule has 3 aromatic rings. The van der Waals surface area contributed by atoms with Crippen molar-refractivity contribution in [3.05, 3.63) is 52.4 Å². The van der Waals surface area contributed by atoms with E-state index in [1.807, 2.05) is 19.2 Å². The number of nitriles is 1. The number of hydrogen-bond acceptors (Lipinski definition) is 2. The van der Waals surface area contributed by atoms with Crippen LogP contribution in [0.5, 0.6) is 0 Å². The van der Waals surface area contributed by atoms with Gasteiger partial charge in [-0.05, 0) is 33.4 Å². The average molecular weight is 330 g/mol. The number of nitrogens with zero attached hydrogens (tertiary/aromatic N) is 3. The molecule has 98 valence electrons. The molecule has 2 aromatic carbocycles. The molecule has 5 heteroatoms. The van der Waals surface area contributed by atoms with Gasteiger partial charge in [0.25, 0.3) is 0 Å². The van der Waals surface area contributed by atoms with Gasteiger partial charge in [-0.25, -0.2) is 4.39 Å². The van der Waals surface area contributed by atoms with Crippen molar-refractivity contribution < 1.29 is 4.39 Å². The zero-order valence-corrected chi connectivity index (χ0v) is 12.1. The van der Waals surface area contributed by atoms with Gasteiger partial charge in [0.05, 0.1) is 21.9 Å². The van der Waals surface area contributed by atoms with E-state index in [0.29, 0.717) is 10.9 Å². The number of fused-ring (bicyclic) bond motifs is 1. The molecule has 0 spiro atoms. The Bertz CT molecular complexity index is 842. The van der Waals surface area contributed by atoms with Crippen LogP contribution >= 0.6 is 15.9 Å². The minimum atomic E-state index is -0.309. The van der Waals surface area contributed by atoms with E-state index in [1.54, 1.807) is 16.9 Å². The summed E-state index contributed by atoms with van der Waals surface area (Å²) in [7, 11) is 1.82. The lowest BCUT2D eigenvalue weighted by Crippen LogP contribution is -1.96. The van der Waals surface area contributed by atoms with Crippen molar-refractivity contribution >= 4 is 26.7 Å². The topological polar surface area (TPSA) is 41.6 Å². The number of aromatic nitrogens is 2. The molecule has 0 unspecified atom stereocenters. The zero-order chi connectivity index (χ0) is 14.3. The van der Waals surface area contributed by atoms with Crippen LogP contribution in [0.15, 0.2) is 41.0 Å². The van der Waals surface area contributed by atoms with Crippen molar-refractivity contribution in [1.29, 1.82) is 5.26 Å². The van der Waals surface area contributed by atoms with Gasteiger partial charge in [-0.2, -0.15) is 10.4 Å². The van der Waals surface area contributed by atoms with E-state index < -0.39 is 0 Å². The van der Waals surface area contributed by atoms with Crippen LogP contribution in [-0.2, 0) is 7.05 Å². The minimum absolute atomic E-state index is 0.309. The standard InChI is InChI=1S/C15H9BrFN3/c1-20-15(14(16)8-19-20)12-4-2-9-6-10(17)3-5-11(9)13(12)7-18/h2-6,8H,1H3. The van der Waals surface area contributed by atoms with E-state index in [4.69, 9.17) is 0 Å². The second kappa shape index (κ2) is 4.73. The first-order valence-corrected chi connectivity index (χ1v) is 6.71. The fourth-order valence-corrected chi connectivity index (χ4v) is 2.89. The van der Waals surface area contributed by atoms with Crippen LogP contribution in [0.2, 0.25) is 0 Å². The summed E-state index contributed by atoms with van der Waals surface area (Å²) in [5.41, 5.74) is 2.12. The third-order valence-corrected chi connectivity index (χ3v) is 3.82. The van der Waals surface area contributed by atoms with E-state index in [0.717, 1.165) is 21.1 Å². The first-order valence-electron chi connectivity index (χ1n) is 5.92. The number of rotatable bonds is 1. The van der Waals surface area contributed by atoms with Gasteiger partial charge >= 0.3 is 0 Å². The Balaban J connectivity index is 2.39.